The molecule has 1 heterocycles. The van der Waals surface area contributed by atoms with E-state index in [1.165, 1.54) is 25.6 Å². The summed E-state index contributed by atoms with van der Waals surface area (Å²) in [6.45, 7) is 7.01. The Hall–Kier alpha value is -1.32. The van der Waals surface area contributed by atoms with Gasteiger partial charge in [0.1, 0.15) is 12.1 Å². The first-order valence-electron chi connectivity index (χ1n) is 6.38. The van der Waals surface area contributed by atoms with E-state index in [2.05, 4.69) is 23.8 Å². The Bertz CT molecular complexity index is 341. The number of nitrogens with two attached hydrogens (primary N) is 1. The molecule has 96 valence electrons. The monoisotopic (exact) mass is 237 g/mol. The third kappa shape index (κ3) is 4.21. The predicted octanol–water partition coefficient (Wildman–Crippen LogP) is 2.96. The van der Waals surface area contributed by atoms with Crippen LogP contribution in [-0.4, -0.2) is 16.6 Å². The van der Waals surface area contributed by atoms with Gasteiger partial charge in [-0.05, 0) is 19.3 Å². The van der Waals surface area contributed by atoms with Gasteiger partial charge in [-0.1, -0.05) is 33.1 Å². The van der Waals surface area contributed by atoms with Crippen LogP contribution < -0.4 is 10.5 Å². The van der Waals surface area contributed by atoms with Crippen LogP contribution in [0.5, 0.6) is 5.88 Å². The third-order valence-corrected chi connectivity index (χ3v) is 3.08. The molecule has 0 aromatic carbocycles. The second kappa shape index (κ2) is 7.09. The maximum absolute atomic E-state index is 5.74. The van der Waals surface area contributed by atoms with E-state index in [0.717, 1.165) is 12.0 Å². The molecule has 1 aromatic rings. The number of unbranched alkanes of at least 4 members (excludes halogenated alkanes) is 1. The normalized spacial score (nSPS) is 12.4. The molecule has 4 heteroatoms. The largest absolute Gasteiger partial charge is 0.477 e. The first-order valence-corrected chi connectivity index (χ1v) is 6.38. The van der Waals surface area contributed by atoms with E-state index in [-0.39, 0.29) is 0 Å². The van der Waals surface area contributed by atoms with Crippen molar-refractivity contribution in [3.05, 3.63) is 11.9 Å². The van der Waals surface area contributed by atoms with Gasteiger partial charge in [0, 0.05) is 0 Å². The quantitative estimate of drug-likeness (QED) is 0.792. The summed E-state index contributed by atoms with van der Waals surface area (Å²) in [4.78, 5) is 8.04. The van der Waals surface area contributed by atoms with Gasteiger partial charge in [-0.3, -0.25) is 0 Å². The average Bonchev–Trinajstić information content (AvgIpc) is 2.34. The van der Waals surface area contributed by atoms with Crippen molar-refractivity contribution in [2.75, 3.05) is 12.3 Å². The molecular weight excluding hydrogens is 214 g/mol. The van der Waals surface area contributed by atoms with Crippen LogP contribution >= 0.6 is 0 Å². The average molecular weight is 237 g/mol. The minimum Gasteiger partial charge on any atom is -0.477 e. The standard InChI is InChI=1S/C13H23N3O/c1-4-6-7-11(5-2)8-17-13-10(3)12(14)15-9-16-13/h9,11H,4-8H2,1-3H3,(H2,14,15,16). The van der Waals surface area contributed by atoms with Gasteiger partial charge in [-0.15, -0.1) is 0 Å². The van der Waals surface area contributed by atoms with E-state index in [1.807, 2.05) is 6.92 Å². The Balaban J connectivity index is 2.50. The summed E-state index contributed by atoms with van der Waals surface area (Å²) in [6, 6.07) is 0. The highest BCUT2D eigenvalue weighted by Crippen LogP contribution is 2.20. The van der Waals surface area contributed by atoms with Crippen molar-refractivity contribution in [1.82, 2.24) is 9.97 Å². The second-order valence-electron chi connectivity index (χ2n) is 4.42. The van der Waals surface area contributed by atoms with Crippen LogP contribution in [0.3, 0.4) is 0 Å². The minimum atomic E-state index is 0.497. The Morgan fingerprint density at radius 2 is 2.12 bits per heavy atom. The van der Waals surface area contributed by atoms with Gasteiger partial charge >= 0.3 is 0 Å². The smallest absolute Gasteiger partial charge is 0.221 e. The number of nitrogen functional groups attached to an aromatic ring is 1. The molecular formula is C13H23N3O. The third-order valence-electron chi connectivity index (χ3n) is 3.08. The number of anilines is 1. The van der Waals surface area contributed by atoms with Crippen molar-refractivity contribution in [1.29, 1.82) is 0 Å². The van der Waals surface area contributed by atoms with Gasteiger partial charge in [-0.2, -0.15) is 0 Å². The molecule has 0 bridgehead atoms. The summed E-state index contributed by atoms with van der Waals surface area (Å²) in [5.74, 6) is 1.72. The van der Waals surface area contributed by atoms with E-state index < -0.39 is 0 Å². The summed E-state index contributed by atoms with van der Waals surface area (Å²) < 4.78 is 5.74. The van der Waals surface area contributed by atoms with E-state index in [1.54, 1.807) is 0 Å². The molecule has 1 rings (SSSR count). The van der Waals surface area contributed by atoms with Crippen molar-refractivity contribution in [3.8, 4) is 5.88 Å². The molecule has 0 saturated heterocycles. The molecule has 17 heavy (non-hydrogen) atoms. The van der Waals surface area contributed by atoms with Crippen molar-refractivity contribution in [3.63, 3.8) is 0 Å². The molecule has 0 aliphatic carbocycles. The fourth-order valence-corrected chi connectivity index (χ4v) is 1.69. The minimum absolute atomic E-state index is 0.497. The molecule has 0 saturated carbocycles. The van der Waals surface area contributed by atoms with Gasteiger partial charge in [0.2, 0.25) is 5.88 Å². The van der Waals surface area contributed by atoms with Crippen molar-refractivity contribution < 1.29 is 4.74 Å². The highest BCUT2D eigenvalue weighted by atomic mass is 16.5. The lowest BCUT2D eigenvalue weighted by Gasteiger charge is -2.16. The topological polar surface area (TPSA) is 61.0 Å². The lowest BCUT2D eigenvalue weighted by Crippen LogP contribution is -2.13. The number of hydrogen-bond donors (Lipinski definition) is 1. The van der Waals surface area contributed by atoms with Gasteiger partial charge in [-0.25, -0.2) is 9.97 Å². The van der Waals surface area contributed by atoms with Crippen molar-refractivity contribution in [2.24, 2.45) is 5.92 Å². The van der Waals surface area contributed by atoms with Crippen LogP contribution in [0, 0.1) is 12.8 Å². The predicted molar refractivity (Wildman–Crippen MR) is 70.0 cm³/mol. The number of hydrogen-bond acceptors (Lipinski definition) is 4. The number of rotatable bonds is 7. The van der Waals surface area contributed by atoms with Crippen LogP contribution in [0.15, 0.2) is 6.33 Å². The van der Waals surface area contributed by atoms with Gasteiger partial charge in [0.05, 0.1) is 12.2 Å². The van der Waals surface area contributed by atoms with Gasteiger partial charge in [0.25, 0.3) is 0 Å². The lowest BCUT2D eigenvalue weighted by molar-refractivity contribution is 0.224. The number of aromatic nitrogens is 2. The molecule has 2 N–H and O–H groups in total. The Morgan fingerprint density at radius 3 is 2.76 bits per heavy atom. The van der Waals surface area contributed by atoms with E-state index >= 15 is 0 Å². The van der Waals surface area contributed by atoms with E-state index in [9.17, 15) is 0 Å². The first-order chi connectivity index (χ1) is 8.19. The van der Waals surface area contributed by atoms with Gasteiger partial charge < -0.3 is 10.5 Å². The highest BCUT2D eigenvalue weighted by Gasteiger charge is 2.10. The molecule has 1 aromatic heterocycles. The fourth-order valence-electron chi connectivity index (χ4n) is 1.69. The summed E-state index contributed by atoms with van der Waals surface area (Å²) in [5.41, 5.74) is 6.54. The maximum Gasteiger partial charge on any atom is 0.221 e. The Labute approximate surface area is 104 Å². The molecule has 1 atom stereocenters. The highest BCUT2D eigenvalue weighted by molar-refractivity contribution is 5.42. The van der Waals surface area contributed by atoms with E-state index in [0.29, 0.717) is 24.2 Å². The summed E-state index contributed by atoms with van der Waals surface area (Å²) in [5, 5.41) is 0. The van der Waals surface area contributed by atoms with E-state index in [4.69, 9.17) is 10.5 Å². The number of ether oxygens (including phenoxy) is 1. The fraction of sp³-hybridized carbons (Fsp3) is 0.692. The van der Waals surface area contributed by atoms with Crippen molar-refractivity contribution >= 4 is 5.82 Å². The second-order valence-corrected chi connectivity index (χ2v) is 4.42. The zero-order chi connectivity index (χ0) is 12.7. The van der Waals surface area contributed by atoms with Crippen LogP contribution in [-0.2, 0) is 0 Å². The maximum atomic E-state index is 5.74. The molecule has 4 nitrogen and oxygen atoms in total. The Morgan fingerprint density at radius 1 is 1.35 bits per heavy atom. The molecule has 1 unspecified atom stereocenters. The molecule has 0 radical (unpaired) electrons. The molecule has 0 fully saturated rings. The lowest BCUT2D eigenvalue weighted by atomic mass is 10.0. The summed E-state index contributed by atoms with van der Waals surface area (Å²) in [6.07, 6.45) is 6.29. The summed E-state index contributed by atoms with van der Waals surface area (Å²) in [7, 11) is 0. The molecule has 0 spiro atoms. The van der Waals surface area contributed by atoms with Gasteiger partial charge in [0.15, 0.2) is 0 Å². The number of nitrogens with zero attached hydrogens (tertiary/aromatic N) is 2. The van der Waals surface area contributed by atoms with Crippen LogP contribution in [0.4, 0.5) is 5.82 Å². The Kier molecular flexibility index (Phi) is 5.73. The van der Waals surface area contributed by atoms with Crippen molar-refractivity contribution in [2.45, 2.75) is 46.5 Å². The first kappa shape index (κ1) is 13.7. The van der Waals surface area contributed by atoms with Crippen LogP contribution in [0.1, 0.15) is 45.1 Å². The zero-order valence-corrected chi connectivity index (χ0v) is 11.1. The molecule has 0 amide bonds. The van der Waals surface area contributed by atoms with Crippen LogP contribution in [0.2, 0.25) is 0 Å². The SMILES string of the molecule is CCCCC(CC)COc1ncnc(N)c1C. The zero-order valence-electron chi connectivity index (χ0n) is 11.1. The molecule has 0 aliphatic rings. The molecule has 0 aliphatic heterocycles. The summed E-state index contributed by atoms with van der Waals surface area (Å²) >= 11 is 0. The van der Waals surface area contributed by atoms with Crippen LogP contribution in [0.25, 0.3) is 0 Å².